The summed E-state index contributed by atoms with van der Waals surface area (Å²) in [4.78, 5) is 12.4. The van der Waals surface area contributed by atoms with E-state index in [4.69, 9.17) is 10.5 Å². The van der Waals surface area contributed by atoms with Crippen LogP contribution in [0.5, 0.6) is 5.75 Å². The highest BCUT2D eigenvalue weighted by Crippen LogP contribution is 2.50. The first-order chi connectivity index (χ1) is 9.97. The van der Waals surface area contributed by atoms with E-state index < -0.39 is 0 Å². The summed E-state index contributed by atoms with van der Waals surface area (Å²) in [5, 5.41) is 4.59. The molecule has 3 N–H and O–H groups in total. The lowest BCUT2D eigenvalue weighted by molar-refractivity contribution is 0.102. The van der Waals surface area contributed by atoms with E-state index in [1.165, 1.54) is 37.0 Å². The Kier molecular flexibility index (Phi) is 3.86. The van der Waals surface area contributed by atoms with Crippen molar-refractivity contribution < 1.29 is 9.53 Å². The fourth-order valence-electron chi connectivity index (χ4n) is 2.82. The molecule has 0 radical (unpaired) electrons. The highest BCUT2D eigenvalue weighted by atomic mass is 32.1. The Bertz CT molecular complexity index is 533. The minimum atomic E-state index is 0.00792. The van der Waals surface area contributed by atoms with Crippen LogP contribution < -0.4 is 15.8 Å². The maximum absolute atomic E-state index is 11.7. The Morgan fingerprint density at radius 2 is 1.86 bits per heavy atom. The van der Waals surface area contributed by atoms with E-state index in [-0.39, 0.29) is 11.9 Å². The second-order valence-electron chi connectivity index (χ2n) is 6.57. The van der Waals surface area contributed by atoms with E-state index in [0.29, 0.717) is 22.4 Å². The molecule has 0 atom stereocenters. The maximum atomic E-state index is 11.7. The van der Waals surface area contributed by atoms with Gasteiger partial charge in [0, 0.05) is 13.0 Å². The average Bonchev–Trinajstić information content (AvgIpc) is 3.29. The van der Waals surface area contributed by atoms with Gasteiger partial charge in [-0.1, -0.05) is 0 Å². The fraction of sp³-hybridized carbons (Fsp3) is 0.688. The molecule has 0 saturated heterocycles. The molecule has 2 aliphatic rings. The Morgan fingerprint density at radius 3 is 2.29 bits per heavy atom. The molecule has 116 valence electrons. The van der Waals surface area contributed by atoms with Crippen LogP contribution in [0.15, 0.2) is 0 Å². The summed E-state index contributed by atoms with van der Waals surface area (Å²) in [5.74, 6) is 2.25. The van der Waals surface area contributed by atoms with Gasteiger partial charge in [-0.2, -0.15) is 0 Å². The summed E-state index contributed by atoms with van der Waals surface area (Å²) in [5.41, 5.74) is 6.63. The van der Waals surface area contributed by atoms with Crippen molar-refractivity contribution in [2.24, 2.45) is 11.8 Å². The van der Waals surface area contributed by atoms with E-state index in [0.717, 1.165) is 16.8 Å². The van der Waals surface area contributed by atoms with E-state index >= 15 is 0 Å². The highest BCUT2D eigenvalue weighted by Gasteiger charge is 2.42. The first-order valence-corrected chi connectivity index (χ1v) is 8.65. The number of ketones is 1. The summed E-state index contributed by atoms with van der Waals surface area (Å²) >= 11 is 1.44. The van der Waals surface area contributed by atoms with Gasteiger partial charge >= 0.3 is 0 Å². The van der Waals surface area contributed by atoms with Gasteiger partial charge in [0.05, 0.1) is 16.7 Å². The van der Waals surface area contributed by atoms with Gasteiger partial charge < -0.3 is 15.8 Å². The molecule has 1 aromatic heterocycles. The van der Waals surface area contributed by atoms with Crippen LogP contribution in [-0.2, 0) is 0 Å². The molecule has 0 bridgehead atoms. The maximum Gasteiger partial charge on any atom is 0.177 e. The monoisotopic (exact) mass is 308 g/mol. The number of thiophene rings is 1. The van der Waals surface area contributed by atoms with Crippen molar-refractivity contribution in [1.29, 1.82) is 0 Å². The van der Waals surface area contributed by atoms with Crippen molar-refractivity contribution >= 4 is 27.8 Å². The predicted octanol–water partition coefficient (Wildman–Crippen LogP) is 3.92. The normalized spacial score (nSPS) is 18.3. The third kappa shape index (κ3) is 3.18. The molecule has 21 heavy (non-hydrogen) atoms. The van der Waals surface area contributed by atoms with Gasteiger partial charge in [-0.25, -0.2) is 0 Å². The average molecular weight is 308 g/mol. The molecule has 5 heteroatoms. The molecular weight excluding hydrogens is 284 g/mol. The van der Waals surface area contributed by atoms with Crippen LogP contribution >= 0.6 is 11.3 Å². The lowest BCUT2D eigenvalue weighted by atomic mass is 10.1. The molecule has 2 aliphatic carbocycles. The minimum Gasteiger partial charge on any atom is -0.486 e. The van der Waals surface area contributed by atoms with E-state index in [9.17, 15) is 4.79 Å². The standard InChI is InChI=1S/C16H24N2O2S/c1-8(2)20-14-12(17)15(9(3)19)21-16(14)18-13(10-4-5-10)11-6-7-11/h8,10-11,13,18H,4-7,17H2,1-3H3. The molecule has 4 nitrogen and oxygen atoms in total. The SMILES string of the molecule is CC(=O)c1sc(NC(C2CC2)C2CC2)c(OC(C)C)c1N. The van der Waals surface area contributed by atoms with Crippen LogP contribution in [-0.4, -0.2) is 17.9 Å². The first kappa shape index (κ1) is 14.7. The van der Waals surface area contributed by atoms with Crippen LogP contribution in [0.2, 0.25) is 0 Å². The van der Waals surface area contributed by atoms with Gasteiger partial charge in [0.25, 0.3) is 0 Å². The third-order valence-corrected chi connectivity index (χ3v) is 5.35. The second kappa shape index (κ2) is 5.52. The fourth-order valence-corrected chi connectivity index (χ4v) is 3.82. The summed E-state index contributed by atoms with van der Waals surface area (Å²) in [6.45, 7) is 5.52. The van der Waals surface area contributed by atoms with Gasteiger partial charge in [0.2, 0.25) is 0 Å². The number of anilines is 2. The van der Waals surface area contributed by atoms with E-state index in [1.54, 1.807) is 6.92 Å². The highest BCUT2D eigenvalue weighted by molar-refractivity contribution is 7.19. The largest absolute Gasteiger partial charge is 0.486 e. The number of Topliss-reactive ketones (excluding diaryl/α,β-unsaturated/α-hetero) is 1. The molecule has 0 spiro atoms. The van der Waals surface area contributed by atoms with Crippen LogP contribution in [0.25, 0.3) is 0 Å². The van der Waals surface area contributed by atoms with Crippen LogP contribution in [0, 0.1) is 11.8 Å². The number of hydrogen-bond acceptors (Lipinski definition) is 5. The van der Waals surface area contributed by atoms with Crippen LogP contribution in [0.3, 0.4) is 0 Å². The topological polar surface area (TPSA) is 64.3 Å². The lowest BCUT2D eigenvalue weighted by Crippen LogP contribution is -2.24. The van der Waals surface area contributed by atoms with Crippen molar-refractivity contribution in [3.63, 3.8) is 0 Å². The molecule has 0 unspecified atom stereocenters. The Balaban J connectivity index is 1.87. The molecule has 2 saturated carbocycles. The second-order valence-corrected chi connectivity index (χ2v) is 7.59. The Morgan fingerprint density at radius 1 is 1.29 bits per heavy atom. The van der Waals surface area contributed by atoms with Crippen molar-refractivity contribution in [1.82, 2.24) is 0 Å². The summed E-state index contributed by atoms with van der Waals surface area (Å²) < 4.78 is 5.88. The summed E-state index contributed by atoms with van der Waals surface area (Å²) in [6, 6.07) is 0.525. The molecule has 1 heterocycles. The van der Waals surface area contributed by atoms with Crippen molar-refractivity contribution in [3.8, 4) is 5.75 Å². The number of carbonyl (C=O) groups is 1. The molecule has 1 aromatic rings. The van der Waals surface area contributed by atoms with Crippen molar-refractivity contribution in [2.45, 2.75) is 58.6 Å². The van der Waals surface area contributed by atoms with Gasteiger partial charge in [-0.3, -0.25) is 4.79 Å². The quantitative estimate of drug-likeness (QED) is 0.749. The number of nitrogens with two attached hydrogens (primary N) is 1. The lowest BCUT2D eigenvalue weighted by Gasteiger charge is -2.20. The molecular formula is C16H24N2O2S. The van der Waals surface area contributed by atoms with Crippen LogP contribution in [0.4, 0.5) is 10.7 Å². The smallest absolute Gasteiger partial charge is 0.177 e. The van der Waals surface area contributed by atoms with Gasteiger partial charge in [-0.05, 0) is 51.4 Å². The first-order valence-electron chi connectivity index (χ1n) is 7.83. The zero-order valence-electron chi connectivity index (χ0n) is 12.9. The van der Waals surface area contributed by atoms with Gasteiger partial charge in [-0.15, -0.1) is 11.3 Å². The zero-order valence-corrected chi connectivity index (χ0v) is 13.8. The molecule has 0 aliphatic heterocycles. The Hall–Kier alpha value is -1.23. The molecule has 0 aromatic carbocycles. The number of rotatable bonds is 7. The molecule has 3 rings (SSSR count). The Labute approximate surface area is 130 Å². The number of carbonyl (C=O) groups excluding carboxylic acids is 1. The van der Waals surface area contributed by atoms with E-state index in [2.05, 4.69) is 5.32 Å². The molecule has 2 fully saturated rings. The number of nitrogen functional groups attached to an aromatic ring is 1. The predicted molar refractivity (Wildman–Crippen MR) is 87.4 cm³/mol. The zero-order chi connectivity index (χ0) is 15.1. The number of hydrogen-bond donors (Lipinski definition) is 2. The van der Waals surface area contributed by atoms with Gasteiger partial charge in [0.1, 0.15) is 5.00 Å². The third-order valence-electron chi connectivity index (χ3n) is 4.13. The minimum absolute atomic E-state index is 0.00792. The van der Waals surface area contributed by atoms with Crippen LogP contribution in [0.1, 0.15) is 56.1 Å². The number of nitrogens with one attached hydrogen (secondary N) is 1. The summed E-state index contributed by atoms with van der Waals surface area (Å²) in [6.07, 6.45) is 5.30. The van der Waals surface area contributed by atoms with Gasteiger partial charge in [0.15, 0.2) is 11.5 Å². The van der Waals surface area contributed by atoms with Crippen molar-refractivity contribution in [2.75, 3.05) is 11.1 Å². The molecule has 0 amide bonds. The van der Waals surface area contributed by atoms with Crippen molar-refractivity contribution in [3.05, 3.63) is 4.88 Å². The number of ether oxygens (including phenoxy) is 1. The van der Waals surface area contributed by atoms with E-state index in [1.807, 2.05) is 13.8 Å². The summed E-state index contributed by atoms with van der Waals surface area (Å²) in [7, 11) is 0.